The normalized spacial score (nSPS) is 19.5. The molecule has 0 saturated carbocycles. The lowest BCUT2D eigenvalue weighted by molar-refractivity contribution is -0.121. The minimum absolute atomic E-state index is 0.0412. The molecule has 2 heterocycles. The van der Waals surface area contributed by atoms with Crippen LogP contribution in [0.2, 0.25) is 0 Å². The zero-order valence-electron chi connectivity index (χ0n) is 14.6. The summed E-state index contributed by atoms with van der Waals surface area (Å²) in [6.45, 7) is 14.3. The maximum absolute atomic E-state index is 11.4. The number of hydrogen-bond donors (Lipinski definition) is 1. The summed E-state index contributed by atoms with van der Waals surface area (Å²) >= 11 is 0. The van der Waals surface area contributed by atoms with Gasteiger partial charge in [0.2, 0.25) is 5.91 Å². The summed E-state index contributed by atoms with van der Waals surface area (Å²) in [5, 5.41) is 0. The minimum Gasteiger partial charge on any atom is -0.369 e. The third kappa shape index (κ3) is 3.57. The van der Waals surface area contributed by atoms with Crippen LogP contribution in [-0.2, 0) is 15.6 Å². The van der Waals surface area contributed by atoms with E-state index in [1.54, 1.807) is 0 Å². The number of amides is 1. The van der Waals surface area contributed by atoms with Gasteiger partial charge in [-0.3, -0.25) is 4.79 Å². The molecule has 1 aliphatic rings. The Bertz CT molecular complexity index is 537. The van der Waals surface area contributed by atoms with Crippen molar-refractivity contribution in [3.05, 3.63) is 17.6 Å². The summed E-state index contributed by atoms with van der Waals surface area (Å²) in [7, 11) is 0. The molecule has 0 aliphatic carbocycles. The molecule has 1 amide bonds. The van der Waals surface area contributed by atoms with Crippen LogP contribution in [0.25, 0.3) is 0 Å². The number of primary amides is 1. The summed E-state index contributed by atoms with van der Waals surface area (Å²) in [6, 6.07) is 2.05. The number of carbonyl (C=O) groups is 1. The predicted molar refractivity (Wildman–Crippen MR) is 88.9 cm³/mol. The summed E-state index contributed by atoms with van der Waals surface area (Å²) < 4.78 is 0. The summed E-state index contributed by atoms with van der Waals surface area (Å²) in [5.41, 5.74) is 6.32. The van der Waals surface area contributed by atoms with Gasteiger partial charge in [-0.25, -0.2) is 9.97 Å². The Hall–Kier alpha value is -1.65. The molecule has 122 valence electrons. The molecule has 5 heteroatoms. The first-order chi connectivity index (χ1) is 9.98. The van der Waals surface area contributed by atoms with Gasteiger partial charge in [0.05, 0.1) is 11.6 Å². The number of nitrogens with zero attached hydrogens (tertiary/aromatic N) is 3. The molecule has 1 aromatic rings. The molecular formula is C17H28N4O. The van der Waals surface area contributed by atoms with Crippen LogP contribution in [0.15, 0.2) is 6.07 Å². The smallest absolute Gasteiger partial charge is 0.222 e. The Labute approximate surface area is 133 Å². The van der Waals surface area contributed by atoms with E-state index in [9.17, 15) is 4.79 Å². The van der Waals surface area contributed by atoms with Gasteiger partial charge in [-0.05, 0) is 6.42 Å². The van der Waals surface area contributed by atoms with Crippen LogP contribution in [0.3, 0.4) is 0 Å². The van der Waals surface area contributed by atoms with Crippen LogP contribution < -0.4 is 10.6 Å². The minimum atomic E-state index is -0.219. The van der Waals surface area contributed by atoms with Crippen LogP contribution in [-0.4, -0.2) is 29.0 Å². The number of hydrogen-bond acceptors (Lipinski definition) is 4. The van der Waals surface area contributed by atoms with E-state index >= 15 is 0 Å². The van der Waals surface area contributed by atoms with Crippen molar-refractivity contribution in [2.45, 2.75) is 58.8 Å². The first kappa shape index (κ1) is 16.7. The zero-order valence-corrected chi connectivity index (χ0v) is 14.6. The van der Waals surface area contributed by atoms with Crippen molar-refractivity contribution in [1.29, 1.82) is 0 Å². The zero-order chi connectivity index (χ0) is 16.7. The van der Waals surface area contributed by atoms with Crippen LogP contribution in [0, 0.1) is 5.92 Å². The number of nitrogens with two attached hydrogens (primary N) is 1. The SMILES string of the molecule is CC(C)(C)c1cc(N2CCC(C(N)=O)C2)nc(C(C)(C)C)n1. The van der Waals surface area contributed by atoms with Crippen LogP contribution >= 0.6 is 0 Å². The van der Waals surface area contributed by atoms with Crippen molar-refractivity contribution < 1.29 is 4.79 Å². The highest BCUT2D eigenvalue weighted by Crippen LogP contribution is 2.30. The highest BCUT2D eigenvalue weighted by molar-refractivity contribution is 5.78. The molecule has 1 fully saturated rings. The van der Waals surface area contributed by atoms with Gasteiger partial charge in [0.25, 0.3) is 0 Å². The van der Waals surface area contributed by atoms with E-state index in [0.717, 1.165) is 30.3 Å². The Balaban J connectivity index is 2.41. The van der Waals surface area contributed by atoms with E-state index < -0.39 is 0 Å². The second-order valence-corrected chi connectivity index (χ2v) is 8.27. The lowest BCUT2D eigenvalue weighted by Crippen LogP contribution is -2.29. The van der Waals surface area contributed by atoms with E-state index in [-0.39, 0.29) is 22.7 Å². The predicted octanol–water partition coefficient (Wildman–Crippen LogP) is 2.38. The first-order valence-electron chi connectivity index (χ1n) is 7.93. The van der Waals surface area contributed by atoms with E-state index in [1.807, 2.05) is 0 Å². The Morgan fingerprint density at radius 1 is 1.18 bits per heavy atom. The molecule has 2 N–H and O–H groups in total. The molecule has 1 saturated heterocycles. The van der Waals surface area contributed by atoms with Gasteiger partial charge in [-0.1, -0.05) is 41.5 Å². The lowest BCUT2D eigenvalue weighted by Gasteiger charge is -2.26. The molecule has 0 aromatic carbocycles. The van der Waals surface area contributed by atoms with Gasteiger partial charge in [-0.2, -0.15) is 0 Å². The van der Waals surface area contributed by atoms with Gasteiger partial charge >= 0.3 is 0 Å². The molecular weight excluding hydrogens is 276 g/mol. The third-order valence-electron chi connectivity index (χ3n) is 4.07. The molecule has 1 unspecified atom stereocenters. The first-order valence-corrected chi connectivity index (χ1v) is 7.93. The fraction of sp³-hybridized carbons (Fsp3) is 0.706. The largest absolute Gasteiger partial charge is 0.369 e. The van der Waals surface area contributed by atoms with Crippen LogP contribution in [0.5, 0.6) is 0 Å². The van der Waals surface area contributed by atoms with E-state index in [2.05, 4.69) is 52.5 Å². The second-order valence-electron chi connectivity index (χ2n) is 8.27. The Kier molecular flexibility index (Phi) is 4.20. The van der Waals surface area contributed by atoms with Gasteiger partial charge in [-0.15, -0.1) is 0 Å². The van der Waals surface area contributed by atoms with Gasteiger partial charge in [0, 0.05) is 30.0 Å². The van der Waals surface area contributed by atoms with Gasteiger partial charge in [0.15, 0.2) is 0 Å². The molecule has 5 nitrogen and oxygen atoms in total. The second kappa shape index (κ2) is 5.52. The number of aromatic nitrogens is 2. The van der Waals surface area contributed by atoms with Crippen molar-refractivity contribution in [3.8, 4) is 0 Å². The molecule has 22 heavy (non-hydrogen) atoms. The number of rotatable bonds is 2. The highest BCUT2D eigenvalue weighted by atomic mass is 16.1. The van der Waals surface area contributed by atoms with Crippen molar-refractivity contribution >= 4 is 11.7 Å². The van der Waals surface area contributed by atoms with Crippen molar-refractivity contribution in [3.63, 3.8) is 0 Å². The maximum Gasteiger partial charge on any atom is 0.222 e. The molecule has 1 aliphatic heterocycles. The monoisotopic (exact) mass is 304 g/mol. The summed E-state index contributed by atoms with van der Waals surface area (Å²) in [4.78, 5) is 23.1. The topological polar surface area (TPSA) is 72.1 Å². The highest BCUT2D eigenvalue weighted by Gasteiger charge is 2.30. The van der Waals surface area contributed by atoms with Gasteiger partial charge < -0.3 is 10.6 Å². The fourth-order valence-electron chi connectivity index (χ4n) is 2.52. The lowest BCUT2D eigenvalue weighted by atomic mass is 9.90. The molecule has 0 spiro atoms. The van der Waals surface area contributed by atoms with Crippen LogP contribution in [0.1, 0.15) is 59.5 Å². The molecule has 1 aromatic heterocycles. The molecule has 2 rings (SSSR count). The summed E-state index contributed by atoms with van der Waals surface area (Å²) in [6.07, 6.45) is 0.801. The van der Waals surface area contributed by atoms with E-state index in [0.29, 0.717) is 6.54 Å². The molecule has 0 radical (unpaired) electrons. The Morgan fingerprint density at radius 2 is 1.82 bits per heavy atom. The average Bonchev–Trinajstić information content (AvgIpc) is 2.85. The van der Waals surface area contributed by atoms with E-state index in [4.69, 9.17) is 15.7 Å². The summed E-state index contributed by atoms with van der Waals surface area (Å²) in [5.74, 6) is 1.46. The third-order valence-corrected chi connectivity index (χ3v) is 4.07. The van der Waals surface area contributed by atoms with Crippen molar-refractivity contribution in [2.75, 3.05) is 18.0 Å². The number of anilines is 1. The maximum atomic E-state index is 11.4. The molecule has 1 atom stereocenters. The van der Waals surface area contributed by atoms with Crippen molar-refractivity contribution in [2.24, 2.45) is 11.7 Å². The van der Waals surface area contributed by atoms with E-state index in [1.165, 1.54) is 0 Å². The van der Waals surface area contributed by atoms with Gasteiger partial charge in [0.1, 0.15) is 11.6 Å². The fourth-order valence-corrected chi connectivity index (χ4v) is 2.52. The number of carbonyl (C=O) groups excluding carboxylic acids is 1. The van der Waals surface area contributed by atoms with Crippen molar-refractivity contribution in [1.82, 2.24) is 9.97 Å². The Morgan fingerprint density at radius 3 is 2.27 bits per heavy atom. The quantitative estimate of drug-likeness (QED) is 0.910. The average molecular weight is 304 g/mol. The molecule has 0 bridgehead atoms. The standard InChI is InChI=1S/C17H28N4O/c1-16(2,3)12-9-13(20-15(19-12)17(4,5)6)21-8-7-11(10-21)14(18)22/h9,11H,7-8,10H2,1-6H3,(H2,18,22). The van der Waals surface area contributed by atoms with Crippen LogP contribution in [0.4, 0.5) is 5.82 Å².